The lowest BCUT2D eigenvalue weighted by Crippen LogP contribution is -2.33. The molecule has 2 unspecified atom stereocenters. The first kappa shape index (κ1) is 13.4. The van der Waals surface area contributed by atoms with Crippen LogP contribution >= 0.6 is 0 Å². The Morgan fingerprint density at radius 1 is 1.25 bits per heavy atom. The minimum absolute atomic E-state index is 0.354. The van der Waals surface area contributed by atoms with Crippen molar-refractivity contribution < 1.29 is 4.21 Å². The topological polar surface area (TPSA) is 29.1 Å². The van der Waals surface area contributed by atoms with Crippen molar-refractivity contribution in [2.24, 2.45) is 0 Å². The lowest BCUT2D eigenvalue weighted by Gasteiger charge is -2.15. The van der Waals surface area contributed by atoms with Gasteiger partial charge in [0, 0.05) is 16.7 Å². The van der Waals surface area contributed by atoms with Gasteiger partial charge in [0.05, 0.1) is 10.8 Å². The lowest BCUT2D eigenvalue weighted by atomic mass is 10.2. The van der Waals surface area contributed by atoms with E-state index in [2.05, 4.69) is 19.2 Å². The second-order valence-electron chi connectivity index (χ2n) is 3.99. The van der Waals surface area contributed by atoms with Gasteiger partial charge in [-0.3, -0.25) is 4.21 Å². The Bertz CT molecular complexity index is 334. The SMILES string of the molecule is CCNC(CC)CS(=O)c1ccc(C)cc1. The van der Waals surface area contributed by atoms with Crippen molar-refractivity contribution in [1.82, 2.24) is 5.32 Å². The smallest absolute Gasteiger partial charge is 0.0545 e. The zero-order valence-corrected chi connectivity index (χ0v) is 11.1. The van der Waals surface area contributed by atoms with Crippen LogP contribution in [0.1, 0.15) is 25.8 Å². The van der Waals surface area contributed by atoms with E-state index in [-0.39, 0.29) is 0 Å². The highest BCUT2D eigenvalue weighted by Crippen LogP contribution is 2.10. The van der Waals surface area contributed by atoms with Gasteiger partial charge in [0.2, 0.25) is 0 Å². The molecule has 1 aromatic rings. The summed E-state index contributed by atoms with van der Waals surface area (Å²) in [6.07, 6.45) is 1.02. The van der Waals surface area contributed by atoms with Crippen LogP contribution in [0.25, 0.3) is 0 Å². The van der Waals surface area contributed by atoms with Crippen molar-refractivity contribution in [3.63, 3.8) is 0 Å². The van der Waals surface area contributed by atoms with Crippen molar-refractivity contribution in [3.8, 4) is 0 Å². The largest absolute Gasteiger partial charge is 0.313 e. The normalized spacial score (nSPS) is 14.7. The van der Waals surface area contributed by atoms with E-state index in [0.29, 0.717) is 11.8 Å². The molecule has 2 nitrogen and oxygen atoms in total. The summed E-state index contributed by atoms with van der Waals surface area (Å²) >= 11 is 0. The molecule has 0 amide bonds. The third-order valence-corrected chi connectivity index (χ3v) is 4.13. The number of nitrogens with one attached hydrogen (secondary N) is 1. The second kappa shape index (κ2) is 6.81. The van der Waals surface area contributed by atoms with Gasteiger partial charge < -0.3 is 5.32 Å². The minimum atomic E-state index is -0.886. The molecule has 2 atom stereocenters. The summed E-state index contributed by atoms with van der Waals surface area (Å²) in [5.74, 6) is 0.702. The van der Waals surface area contributed by atoms with Crippen molar-refractivity contribution in [2.75, 3.05) is 12.3 Å². The van der Waals surface area contributed by atoms with Gasteiger partial charge in [0.15, 0.2) is 0 Å². The second-order valence-corrected chi connectivity index (χ2v) is 5.48. The Morgan fingerprint density at radius 2 is 1.88 bits per heavy atom. The summed E-state index contributed by atoms with van der Waals surface area (Å²) in [5.41, 5.74) is 1.21. The third kappa shape index (κ3) is 4.06. The number of rotatable bonds is 6. The Morgan fingerprint density at radius 3 is 2.38 bits per heavy atom. The van der Waals surface area contributed by atoms with Crippen LogP contribution < -0.4 is 5.32 Å². The molecule has 0 spiro atoms. The summed E-state index contributed by atoms with van der Waals surface area (Å²) in [6, 6.07) is 8.31. The van der Waals surface area contributed by atoms with Gasteiger partial charge >= 0.3 is 0 Å². The minimum Gasteiger partial charge on any atom is -0.313 e. The molecule has 0 saturated heterocycles. The average molecular weight is 239 g/mol. The Labute approximate surface area is 101 Å². The predicted octanol–water partition coefficient (Wildman–Crippen LogP) is 2.49. The Kier molecular flexibility index (Phi) is 5.71. The number of hydrogen-bond acceptors (Lipinski definition) is 2. The molecule has 90 valence electrons. The van der Waals surface area contributed by atoms with Gasteiger partial charge in [0.1, 0.15) is 0 Å². The fourth-order valence-corrected chi connectivity index (χ4v) is 2.93. The van der Waals surface area contributed by atoms with Crippen molar-refractivity contribution >= 4 is 10.8 Å². The molecule has 1 rings (SSSR count). The monoisotopic (exact) mass is 239 g/mol. The molecule has 0 aromatic heterocycles. The number of hydrogen-bond donors (Lipinski definition) is 1. The molecule has 0 heterocycles. The maximum absolute atomic E-state index is 12.1. The van der Waals surface area contributed by atoms with E-state index in [1.165, 1.54) is 5.56 Å². The average Bonchev–Trinajstić information content (AvgIpc) is 2.29. The maximum atomic E-state index is 12.1. The summed E-state index contributed by atoms with van der Waals surface area (Å²) in [7, 11) is -0.886. The van der Waals surface area contributed by atoms with Crippen molar-refractivity contribution in [1.29, 1.82) is 0 Å². The zero-order chi connectivity index (χ0) is 12.0. The summed E-state index contributed by atoms with van der Waals surface area (Å²) in [4.78, 5) is 0.932. The van der Waals surface area contributed by atoms with Crippen molar-refractivity contribution in [3.05, 3.63) is 29.8 Å². The molecule has 1 aromatic carbocycles. The van der Waals surface area contributed by atoms with Gasteiger partial charge in [-0.05, 0) is 32.0 Å². The molecular formula is C13H21NOS. The van der Waals surface area contributed by atoms with Gasteiger partial charge in [-0.1, -0.05) is 31.5 Å². The molecule has 0 radical (unpaired) electrons. The summed E-state index contributed by atoms with van der Waals surface area (Å²) < 4.78 is 12.1. The summed E-state index contributed by atoms with van der Waals surface area (Å²) in [6.45, 7) is 7.18. The van der Waals surface area contributed by atoms with Crippen LogP contribution in [-0.2, 0) is 10.8 Å². The van der Waals surface area contributed by atoms with E-state index in [1.54, 1.807) is 0 Å². The van der Waals surface area contributed by atoms with Crippen LogP contribution in [0.2, 0.25) is 0 Å². The summed E-state index contributed by atoms with van der Waals surface area (Å²) in [5, 5.41) is 3.35. The third-order valence-electron chi connectivity index (χ3n) is 2.62. The van der Waals surface area contributed by atoms with Gasteiger partial charge in [-0.25, -0.2) is 0 Å². The van der Waals surface area contributed by atoms with Crippen LogP contribution in [0.5, 0.6) is 0 Å². The molecule has 1 N–H and O–H groups in total. The fraction of sp³-hybridized carbons (Fsp3) is 0.538. The molecule has 16 heavy (non-hydrogen) atoms. The van der Waals surface area contributed by atoms with E-state index in [0.717, 1.165) is 17.9 Å². The molecule has 0 fully saturated rings. The van der Waals surface area contributed by atoms with Gasteiger partial charge in [-0.15, -0.1) is 0 Å². The first-order chi connectivity index (χ1) is 7.67. The first-order valence-electron chi connectivity index (χ1n) is 5.85. The number of benzene rings is 1. The predicted molar refractivity (Wildman–Crippen MR) is 70.2 cm³/mol. The maximum Gasteiger partial charge on any atom is 0.0545 e. The van der Waals surface area contributed by atoms with Crippen LogP contribution in [0.15, 0.2) is 29.2 Å². The van der Waals surface area contributed by atoms with Crippen LogP contribution in [0, 0.1) is 6.92 Å². The quantitative estimate of drug-likeness (QED) is 0.826. The Balaban J connectivity index is 2.60. The van der Waals surface area contributed by atoms with E-state index >= 15 is 0 Å². The molecular weight excluding hydrogens is 218 g/mol. The van der Waals surface area contributed by atoms with Gasteiger partial charge in [0.25, 0.3) is 0 Å². The fourth-order valence-electron chi connectivity index (χ4n) is 1.58. The van der Waals surface area contributed by atoms with Gasteiger partial charge in [-0.2, -0.15) is 0 Å². The lowest BCUT2D eigenvalue weighted by molar-refractivity contribution is 0.553. The molecule has 0 bridgehead atoms. The zero-order valence-electron chi connectivity index (χ0n) is 10.3. The van der Waals surface area contributed by atoms with E-state index < -0.39 is 10.8 Å². The van der Waals surface area contributed by atoms with E-state index in [4.69, 9.17) is 0 Å². The highest BCUT2D eigenvalue weighted by atomic mass is 32.2. The highest BCUT2D eigenvalue weighted by Gasteiger charge is 2.10. The molecule has 0 aliphatic heterocycles. The highest BCUT2D eigenvalue weighted by molar-refractivity contribution is 7.85. The Hall–Kier alpha value is -0.670. The molecule has 3 heteroatoms. The standard InChI is InChI=1S/C13H21NOS/c1-4-12(14-5-2)10-16(15)13-8-6-11(3)7-9-13/h6-9,12,14H,4-5,10H2,1-3H3. The molecule has 0 aliphatic carbocycles. The van der Waals surface area contributed by atoms with Crippen LogP contribution in [0.3, 0.4) is 0 Å². The molecule has 0 aliphatic rings. The van der Waals surface area contributed by atoms with Crippen molar-refractivity contribution in [2.45, 2.75) is 38.1 Å². The van der Waals surface area contributed by atoms with E-state index in [1.807, 2.05) is 31.2 Å². The van der Waals surface area contributed by atoms with Crippen LogP contribution in [0.4, 0.5) is 0 Å². The molecule has 0 saturated carbocycles. The van der Waals surface area contributed by atoms with E-state index in [9.17, 15) is 4.21 Å². The first-order valence-corrected chi connectivity index (χ1v) is 7.17. The number of aryl methyl sites for hydroxylation is 1. The van der Waals surface area contributed by atoms with Crippen LogP contribution in [-0.4, -0.2) is 22.5 Å².